The van der Waals surface area contributed by atoms with Crippen molar-refractivity contribution >= 4 is 17.5 Å². The highest BCUT2D eigenvalue weighted by Gasteiger charge is 2.24. The average molecular weight is 284 g/mol. The van der Waals surface area contributed by atoms with Crippen molar-refractivity contribution in [3.05, 3.63) is 23.0 Å². The first kappa shape index (κ1) is 14.4. The van der Waals surface area contributed by atoms with Gasteiger partial charge in [-0.3, -0.25) is 4.79 Å². The highest BCUT2D eigenvalue weighted by atomic mass is 35.5. The lowest BCUT2D eigenvalue weighted by atomic mass is 10.1. The third-order valence-electron chi connectivity index (χ3n) is 3.69. The number of aromatic nitrogens is 1. The topological polar surface area (TPSA) is 37.3 Å². The van der Waals surface area contributed by atoms with Crippen LogP contribution in [0, 0.1) is 0 Å². The molecule has 1 aromatic rings. The summed E-state index contributed by atoms with van der Waals surface area (Å²) < 4.78 is 1.96. The molecule has 1 amide bonds. The molecule has 19 heavy (non-hydrogen) atoms. The van der Waals surface area contributed by atoms with E-state index in [1.165, 1.54) is 0 Å². The summed E-state index contributed by atoms with van der Waals surface area (Å²) in [7, 11) is 1.89. The second kappa shape index (κ2) is 6.44. The van der Waals surface area contributed by atoms with Crippen molar-refractivity contribution in [3.8, 4) is 0 Å². The number of likely N-dealkylation sites (N-methyl/N-ethyl adjacent to an activating group) is 1. The number of nitrogens with zero attached hydrogens (tertiary/aromatic N) is 2. The summed E-state index contributed by atoms with van der Waals surface area (Å²) in [5.41, 5.74) is 0.694. The van der Waals surface area contributed by atoms with Crippen LogP contribution in [0.1, 0.15) is 36.7 Å². The summed E-state index contributed by atoms with van der Waals surface area (Å²) in [6.45, 7) is 4.85. The fraction of sp³-hybridized carbons (Fsp3) is 0.643. The molecule has 1 aliphatic rings. The Morgan fingerprint density at radius 1 is 1.63 bits per heavy atom. The maximum atomic E-state index is 12.6. The number of hydrogen-bond donors (Lipinski definition) is 1. The number of rotatable bonds is 4. The smallest absolute Gasteiger partial charge is 0.270 e. The summed E-state index contributed by atoms with van der Waals surface area (Å²) >= 11 is 6.03. The van der Waals surface area contributed by atoms with Gasteiger partial charge in [0.1, 0.15) is 5.69 Å². The van der Waals surface area contributed by atoms with Crippen LogP contribution in [0.25, 0.3) is 0 Å². The average Bonchev–Trinajstić information content (AvgIpc) is 2.79. The Kier molecular flexibility index (Phi) is 4.88. The molecule has 0 saturated carbocycles. The summed E-state index contributed by atoms with van der Waals surface area (Å²) in [4.78, 5) is 14.4. The van der Waals surface area contributed by atoms with E-state index >= 15 is 0 Å². The second-order valence-corrected chi connectivity index (χ2v) is 5.59. The van der Waals surface area contributed by atoms with Gasteiger partial charge >= 0.3 is 0 Å². The van der Waals surface area contributed by atoms with Crippen LogP contribution in [-0.4, -0.2) is 41.6 Å². The number of aryl methyl sites for hydroxylation is 1. The van der Waals surface area contributed by atoms with E-state index in [1.54, 1.807) is 6.07 Å². The molecule has 1 aliphatic heterocycles. The molecular formula is C14H22ClN3O. The summed E-state index contributed by atoms with van der Waals surface area (Å²) in [5.74, 6) is 0.0639. The fourth-order valence-corrected chi connectivity index (χ4v) is 2.81. The van der Waals surface area contributed by atoms with E-state index in [0.29, 0.717) is 10.7 Å². The van der Waals surface area contributed by atoms with E-state index in [2.05, 4.69) is 12.2 Å². The highest BCUT2D eigenvalue weighted by molar-refractivity contribution is 6.31. The molecule has 5 heteroatoms. The quantitative estimate of drug-likeness (QED) is 0.921. The summed E-state index contributed by atoms with van der Waals surface area (Å²) in [6, 6.07) is 2.05. The Bertz CT molecular complexity index is 438. The highest BCUT2D eigenvalue weighted by Crippen LogP contribution is 2.18. The van der Waals surface area contributed by atoms with Crippen LogP contribution in [0.5, 0.6) is 0 Å². The van der Waals surface area contributed by atoms with Gasteiger partial charge in [-0.25, -0.2) is 0 Å². The van der Waals surface area contributed by atoms with Gasteiger partial charge in [-0.15, -0.1) is 0 Å². The standard InChI is InChI=1S/C14H22ClN3O/c1-3-7-18-10-11(15)8-13(18)14(19)17(2)12-5-4-6-16-9-12/h8,10,12,16H,3-7,9H2,1-2H3. The van der Waals surface area contributed by atoms with Crippen LogP contribution in [0.15, 0.2) is 12.3 Å². The van der Waals surface area contributed by atoms with Crippen LogP contribution in [0.3, 0.4) is 0 Å². The SMILES string of the molecule is CCCn1cc(Cl)cc1C(=O)N(C)C1CCCNC1. The normalized spacial score (nSPS) is 19.4. The van der Waals surface area contributed by atoms with Crippen LogP contribution in [0.4, 0.5) is 0 Å². The predicted octanol–water partition coefficient (Wildman–Crippen LogP) is 2.38. The Morgan fingerprint density at radius 2 is 2.42 bits per heavy atom. The van der Waals surface area contributed by atoms with Gasteiger partial charge in [-0.1, -0.05) is 18.5 Å². The molecule has 0 radical (unpaired) electrons. The monoisotopic (exact) mass is 283 g/mol. The lowest BCUT2D eigenvalue weighted by molar-refractivity contribution is 0.0697. The molecule has 0 aromatic carbocycles. The minimum Gasteiger partial charge on any atom is -0.342 e. The van der Waals surface area contributed by atoms with Gasteiger partial charge in [-0.05, 0) is 31.9 Å². The first-order valence-electron chi connectivity index (χ1n) is 6.97. The number of piperidine rings is 1. The lowest BCUT2D eigenvalue weighted by Crippen LogP contribution is -2.47. The van der Waals surface area contributed by atoms with Gasteiger partial charge in [0.2, 0.25) is 0 Å². The van der Waals surface area contributed by atoms with Crippen molar-refractivity contribution in [2.24, 2.45) is 0 Å². The third-order valence-corrected chi connectivity index (χ3v) is 3.89. The van der Waals surface area contributed by atoms with Gasteiger partial charge in [-0.2, -0.15) is 0 Å². The molecule has 1 atom stereocenters. The van der Waals surface area contributed by atoms with Crippen molar-refractivity contribution in [3.63, 3.8) is 0 Å². The fourth-order valence-electron chi connectivity index (χ4n) is 2.59. The van der Waals surface area contributed by atoms with E-state index in [0.717, 1.165) is 38.9 Å². The molecule has 1 N–H and O–H groups in total. The maximum Gasteiger partial charge on any atom is 0.270 e. The minimum atomic E-state index is 0.0639. The Balaban J connectivity index is 2.13. The third kappa shape index (κ3) is 3.31. The zero-order valence-corrected chi connectivity index (χ0v) is 12.4. The minimum absolute atomic E-state index is 0.0639. The Labute approximate surface area is 119 Å². The Morgan fingerprint density at radius 3 is 3.05 bits per heavy atom. The van der Waals surface area contributed by atoms with Crippen LogP contribution >= 0.6 is 11.6 Å². The lowest BCUT2D eigenvalue weighted by Gasteiger charge is -2.31. The molecule has 1 saturated heterocycles. The molecule has 1 fully saturated rings. The summed E-state index contributed by atoms with van der Waals surface area (Å²) in [6.07, 6.45) is 5.02. The number of halogens is 1. The molecule has 4 nitrogen and oxygen atoms in total. The zero-order valence-electron chi connectivity index (χ0n) is 11.7. The molecule has 1 unspecified atom stereocenters. The van der Waals surface area contributed by atoms with E-state index in [1.807, 2.05) is 22.7 Å². The molecule has 0 aliphatic carbocycles. The van der Waals surface area contributed by atoms with Crippen molar-refractivity contribution in [2.75, 3.05) is 20.1 Å². The molecule has 0 bridgehead atoms. The van der Waals surface area contributed by atoms with E-state index in [9.17, 15) is 4.79 Å². The number of amides is 1. The molecule has 1 aromatic heterocycles. The number of carbonyl (C=O) groups is 1. The maximum absolute atomic E-state index is 12.6. The molecule has 106 valence electrons. The molecule has 2 rings (SSSR count). The number of hydrogen-bond acceptors (Lipinski definition) is 2. The van der Waals surface area contributed by atoms with Crippen LogP contribution in [0.2, 0.25) is 5.02 Å². The van der Waals surface area contributed by atoms with Crippen LogP contribution < -0.4 is 5.32 Å². The van der Waals surface area contributed by atoms with Crippen molar-refractivity contribution in [2.45, 2.75) is 38.8 Å². The van der Waals surface area contributed by atoms with Gasteiger partial charge in [0.25, 0.3) is 5.91 Å². The molecule has 0 spiro atoms. The van der Waals surface area contributed by atoms with Gasteiger partial charge in [0.05, 0.1) is 5.02 Å². The van der Waals surface area contributed by atoms with Gasteiger partial charge in [0, 0.05) is 32.4 Å². The number of carbonyl (C=O) groups excluding carboxylic acids is 1. The van der Waals surface area contributed by atoms with Crippen molar-refractivity contribution < 1.29 is 4.79 Å². The van der Waals surface area contributed by atoms with E-state index in [-0.39, 0.29) is 11.9 Å². The van der Waals surface area contributed by atoms with Gasteiger partial charge in [0.15, 0.2) is 0 Å². The van der Waals surface area contributed by atoms with Crippen molar-refractivity contribution in [1.82, 2.24) is 14.8 Å². The van der Waals surface area contributed by atoms with Gasteiger partial charge < -0.3 is 14.8 Å². The second-order valence-electron chi connectivity index (χ2n) is 5.15. The zero-order chi connectivity index (χ0) is 13.8. The summed E-state index contributed by atoms with van der Waals surface area (Å²) in [5, 5.41) is 3.97. The first-order valence-corrected chi connectivity index (χ1v) is 7.34. The predicted molar refractivity (Wildman–Crippen MR) is 77.7 cm³/mol. The molecule has 2 heterocycles. The largest absolute Gasteiger partial charge is 0.342 e. The van der Waals surface area contributed by atoms with Crippen LogP contribution in [-0.2, 0) is 6.54 Å². The van der Waals surface area contributed by atoms with E-state index in [4.69, 9.17) is 11.6 Å². The van der Waals surface area contributed by atoms with E-state index < -0.39 is 0 Å². The number of nitrogens with one attached hydrogen (secondary N) is 1. The molecular weight excluding hydrogens is 262 g/mol. The first-order chi connectivity index (χ1) is 9.13. The van der Waals surface area contributed by atoms with Crippen molar-refractivity contribution in [1.29, 1.82) is 0 Å². The Hall–Kier alpha value is -1.00.